The predicted molar refractivity (Wildman–Crippen MR) is 116 cm³/mol. The first-order chi connectivity index (χ1) is 15.1. The summed E-state index contributed by atoms with van der Waals surface area (Å²) in [7, 11) is 1.38. The number of nitro benzene ring substituents is 1. The Morgan fingerprint density at radius 2 is 2.06 bits per heavy atom. The summed E-state index contributed by atoms with van der Waals surface area (Å²) in [6.45, 7) is 0. The van der Waals surface area contributed by atoms with Gasteiger partial charge in [0, 0.05) is 6.08 Å². The van der Waals surface area contributed by atoms with Crippen molar-refractivity contribution < 1.29 is 38.7 Å². The minimum atomic E-state index is -1.65. The summed E-state index contributed by atoms with van der Waals surface area (Å²) >= 11 is 5.86. The molecule has 1 aliphatic rings. The minimum Gasteiger partial charge on any atom is -0.497 e. The molecule has 0 spiro atoms. The van der Waals surface area contributed by atoms with Gasteiger partial charge in [0.05, 0.1) is 35.0 Å². The van der Waals surface area contributed by atoms with Gasteiger partial charge in [-0.25, -0.2) is 4.79 Å². The molecule has 0 bridgehead atoms. The van der Waals surface area contributed by atoms with Gasteiger partial charge in [0.15, 0.2) is 0 Å². The lowest BCUT2D eigenvalue weighted by atomic mass is 10.1. The molecule has 2 N–H and O–H groups in total. The van der Waals surface area contributed by atoms with Crippen molar-refractivity contribution in [3.63, 3.8) is 0 Å². The van der Waals surface area contributed by atoms with E-state index in [4.69, 9.17) is 26.5 Å². The molecule has 1 amide bonds. The fourth-order valence-electron chi connectivity index (χ4n) is 2.91. The average molecular weight is 478 g/mol. The molecule has 0 aliphatic carbocycles. The van der Waals surface area contributed by atoms with Gasteiger partial charge in [0.1, 0.15) is 27.6 Å². The molecule has 1 unspecified atom stereocenters. The number of rotatable bonds is 8. The summed E-state index contributed by atoms with van der Waals surface area (Å²) in [6, 6.07) is 5.54. The maximum atomic E-state index is 12.7. The zero-order valence-corrected chi connectivity index (χ0v) is 17.8. The molecule has 13 heteroatoms. The van der Waals surface area contributed by atoms with Crippen molar-refractivity contribution in [3.05, 3.63) is 51.1 Å². The Morgan fingerprint density at radius 1 is 1.34 bits per heavy atom. The first kappa shape index (κ1) is 23.0. The van der Waals surface area contributed by atoms with Crippen molar-refractivity contribution in [2.24, 2.45) is 0 Å². The number of carboxylic acid groups (broad SMARTS) is 2. The van der Waals surface area contributed by atoms with Crippen LogP contribution >= 0.6 is 24.0 Å². The van der Waals surface area contributed by atoms with E-state index in [-0.39, 0.29) is 32.0 Å². The number of carbonyl (C=O) groups is 3. The molecule has 1 aromatic heterocycles. The highest BCUT2D eigenvalue weighted by Crippen LogP contribution is 2.37. The van der Waals surface area contributed by atoms with Crippen LogP contribution < -0.4 is 4.74 Å². The Balaban J connectivity index is 1.91. The Morgan fingerprint density at radius 3 is 2.66 bits per heavy atom. The number of ether oxygens (including phenoxy) is 1. The van der Waals surface area contributed by atoms with E-state index in [0.29, 0.717) is 5.75 Å². The third-order valence-electron chi connectivity index (χ3n) is 4.36. The second-order valence-corrected chi connectivity index (χ2v) is 8.02. The SMILES string of the molecule is COc1ccc(-c2ccc(/C=C3/SC(=S)N(C(CC(=O)O)C(=O)O)C3=O)o2)c([N+](=O)[O-])c1. The highest BCUT2D eigenvalue weighted by Gasteiger charge is 2.41. The molecule has 166 valence electrons. The van der Waals surface area contributed by atoms with Crippen molar-refractivity contribution in [1.82, 2.24) is 4.90 Å². The fourth-order valence-corrected chi connectivity index (χ4v) is 4.24. The highest BCUT2D eigenvalue weighted by atomic mass is 32.2. The molecule has 11 nitrogen and oxygen atoms in total. The van der Waals surface area contributed by atoms with Crippen LogP contribution in [0.3, 0.4) is 0 Å². The largest absolute Gasteiger partial charge is 0.497 e. The number of carbonyl (C=O) groups excluding carboxylic acids is 1. The van der Waals surface area contributed by atoms with Crippen LogP contribution in [0.15, 0.2) is 39.7 Å². The lowest BCUT2D eigenvalue weighted by Gasteiger charge is -2.21. The molecule has 0 radical (unpaired) electrons. The number of hydrogen-bond donors (Lipinski definition) is 2. The highest BCUT2D eigenvalue weighted by molar-refractivity contribution is 8.26. The standard InChI is InChI=1S/C19H14N2O9S2/c1-29-9-2-4-11(12(6-9)21(27)28)14-5-3-10(30-14)7-15-17(24)20(19(31)32-15)13(18(25)26)8-16(22)23/h2-7,13H,8H2,1H3,(H,22,23)(H,25,26)/b15-7+. The van der Waals surface area contributed by atoms with Crippen LogP contribution in [0.1, 0.15) is 12.2 Å². The Bertz CT molecular complexity index is 1170. The monoisotopic (exact) mass is 478 g/mol. The zero-order valence-electron chi connectivity index (χ0n) is 16.2. The maximum Gasteiger partial charge on any atom is 0.327 e. The quantitative estimate of drug-likeness (QED) is 0.248. The zero-order chi connectivity index (χ0) is 23.6. The molecule has 2 aromatic rings. The maximum absolute atomic E-state index is 12.7. The molecular weight excluding hydrogens is 464 g/mol. The number of aliphatic carboxylic acids is 2. The van der Waals surface area contributed by atoms with Gasteiger partial charge in [-0.2, -0.15) is 0 Å². The van der Waals surface area contributed by atoms with Gasteiger partial charge in [-0.05, 0) is 24.3 Å². The van der Waals surface area contributed by atoms with Crippen LogP contribution in [0.4, 0.5) is 5.69 Å². The van der Waals surface area contributed by atoms with E-state index in [2.05, 4.69) is 0 Å². The summed E-state index contributed by atoms with van der Waals surface area (Å²) in [5.74, 6) is -3.05. The average Bonchev–Trinajstić information content (AvgIpc) is 3.30. The molecular formula is C19H14N2O9S2. The summed E-state index contributed by atoms with van der Waals surface area (Å²) in [5.41, 5.74) is -0.0510. The van der Waals surface area contributed by atoms with E-state index in [9.17, 15) is 29.6 Å². The Kier molecular flexibility index (Phi) is 6.60. The summed E-state index contributed by atoms with van der Waals surface area (Å²) in [5, 5.41) is 29.6. The Hall–Kier alpha value is -3.71. The van der Waals surface area contributed by atoms with Gasteiger partial charge in [-0.1, -0.05) is 24.0 Å². The molecule has 1 aliphatic heterocycles. The van der Waals surface area contributed by atoms with Crippen LogP contribution in [0.5, 0.6) is 5.75 Å². The number of hydrogen-bond acceptors (Lipinski definition) is 9. The van der Waals surface area contributed by atoms with Gasteiger partial charge in [0.2, 0.25) is 0 Å². The molecule has 3 rings (SSSR count). The van der Waals surface area contributed by atoms with Crippen molar-refractivity contribution in [2.75, 3.05) is 7.11 Å². The third kappa shape index (κ3) is 4.63. The van der Waals surface area contributed by atoms with Gasteiger partial charge >= 0.3 is 11.9 Å². The number of nitro groups is 1. The van der Waals surface area contributed by atoms with E-state index in [1.807, 2.05) is 0 Å². The summed E-state index contributed by atoms with van der Waals surface area (Å²) < 4.78 is 10.5. The van der Waals surface area contributed by atoms with Crippen molar-refractivity contribution >= 4 is 57.9 Å². The van der Waals surface area contributed by atoms with Crippen LogP contribution in [-0.2, 0) is 14.4 Å². The first-order valence-corrected chi connectivity index (χ1v) is 9.99. The number of amides is 1. The van der Waals surface area contributed by atoms with E-state index in [1.54, 1.807) is 0 Å². The van der Waals surface area contributed by atoms with Crippen LogP contribution in [0.2, 0.25) is 0 Å². The lowest BCUT2D eigenvalue weighted by Crippen LogP contribution is -2.45. The number of benzene rings is 1. The fraction of sp³-hybridized carbons (Fsp3) is 0.158. The van der Waals surface area contributed by atoms with Crippen LogP contribution in [0.25, 0.3) is 17.4 Å². The van der Waals surface area contributed by atoms with Gasteiger partial charge in [0.25, 0.3) is 11.6 Å². The number of thioether (sulfide) groups is 1. The van der Waals surface area contributed by atoms with E-state index >= 15 is 0 Å². The molecule has 1 atom stereocenters. The molecule has 1 aromatic carbocycles. The normalized spacial score (nSPS) is 15.8. The van der Waals surface area contributed by atoms with Crippen LogP contribution in [0, 0.1) is 10.1 Å². The number of nitrogens with zero attached hydrogens (tertiary/aromatic N) is 2. The summed E-state index contributed by atoms with van der Waals surface area (Å²) in [4.78, 5) is 46.7. The topological polar surface area (TPSA) is 160 Å². The predicted octanol–water partition coefficient (Wildman–Crippen LogP) is 2.99. The van der Waals surface area contributed by atoms with Gasteiger partial charge in [-0.3, -0.25) is 24.6 Å². The third-order valence-corrected chi connectivity index (χ3v) is 5.69. The molecule has 2 heterocycles. The molecule has 1 saturated heterocycles. The molecule has 32 heavy (non-hydrogen) atoms. The number of carboxylic acids is 2. The van der Waals surface area contributed by atoms with E-state index in [1.165, 1.54) is 43.5 Å². The lowest BCUT2D eigenvalue weighted by molar-refractivity contribution is -0.384. The number of methoxy groups -OCH3 is 1. The number of thiocarbonyl (C=S) groups is 1. The smallest absolute Gasteiger partial charge is 0.327 e. The first-order valence-electron chi connectivity index (χ1n) is 8.76. The second kappa shape index (κ2) is 9.20. The Labute approximate surface area is 189 Å². The minimum absolute atomic E-state index is 0.0248. The van der Waals surface area contributed by atoms with Gasteiger partial charge < -0.3 is 19.4 Å². The summed E-state index contributed by atoms with van der Waals surface area (Å²) in [6.07, 6.45) is 0.485. The molecule has 0 saturated carbocycles. The van der Waals surface area contributed by atoms with Gasteiger partial charge in [-0.15, -0.1) is 0 Å². The second-order valence-electron chi connectivity index (χ2n) is 6.35. The van der Waals surface area contributed by atoms with Crippen molar-refractivity contribution in [3.8, 4) is 17.1 Å². The molecule has 1 fully saturated rings. The van der Waals surface area contributed by atoms with Crippen LogP contribution in [-0.4, -0.2) is 55.4 Å². The van der Waals surface area contributed by atoms with Crippen molar-refractivity contribution in [2.45, 2.75) is 12.5 Å². The van der Waals surface area contributed by atoms with E-state index in [0.717, 1.165) is 16.7 Å². The van der Waals surface area contributed by atoms with E-state index < -0.39 is 35.2 Å². The van der Waals surface area contributed by atoms with Crippen molar-refractivity contribution in [1.29, 1.82) is 0 Å². The number of furan rings is 1.